The van der Waals surface area contributed by atoms with Gasteiger partial charge in [-0.3, -0.25) is 4.79 Å². The molecule has 0 fully saturated rings. The maximum atomic E-state index is 11.4. The molecule has 5 heteroatoms. The number of amides is 2. The fourth-order valence-corrected chi connectivity index (χ4v) is 1.77. The van der Waals surface area contributed by atoms with Crippen LogP contribution in [0.2, 0.25) is 0 Å². The minimum Gasteiger partial charge on any atom is -0.410 e. The van der Waals surface area contributed by atoms with Gasteiger partial charge in [0.2, 0.25) is 6.41 Å². The Labute approximate surface area is 99.6 Å². The highest BCUT2D eigenvalue weighted by Crippen LogP contribution is 2.30. The highest BCUT2D eigenvalue weighted by Gasteiger charge is 2.19. The highest BCUT2D eigenvalue weighted by atomic mass is 16.6. The maximum Gasteiger partial charge on any atom is 0.414 e. The molecular formula is C12H14N2O3. The molecule has 1 aromatic rings. The third kappa shape index (κ3) is 2.22. The average molecular weight is 234 g/mol. The number of fused-ring (bicyclic) bond motifs is 1. The van der Waals surface area contributed by atoms with Crippen molar-refractivity contribution < 1.29 is 14.3 Å². The molecule has 0 unspecified atom stereocenters. The lowest BCUT2D eigenvalue weighted by molar-refractivity contribution is -0.107. The minimum atomic E-state index is -0.407. The third-order valence-corrected chi connectivity index (χ3v) is 2.68. The van der Waals surface area contributed by atoms with Gasteiger partial charge in [0.15, 0.2) is 0 Å². The summed E-state index contributed by atoms with van der Waals surface area (Å²) in [6.45, 7) is 0.684. The second-order valence-electron chi connectivity index (χ2n) is 4.10. The summed E-state index contributed by atoms with van der Waals surface area (Å²) >= 11 is 0. The van der Waals surface area contributed by atoms with Crippen molar-refractivity contribution in [1.29, 1.82) is 0 Å². The number of carbonyl (C=O) groups is 2. The molecule has 0 spiro atoms. The van der Waals surface area contributed by atoms with E-state index in [1.165, 1.54) is 4.90 Å². The van der Waals surface area contributed by atoms with Gasteiger partial charge in [0.25, 0.3) is 0 Å². The van der Waals surface area contributed by atoms with Crippen molar-refractivity contribution in [2.75, 3.05) is 25.5 Å². The number of carbonyl (C=O) groups excluding carboxylic acids is 2. The van der Waals surface area contributed by atoms with Crippen LogP contribution >= 0.6 is 0 Å². The van der Waals surface area contributed by atoms with Crippen LogP contribution in [0.4, 0.5) is 10.5 Å². The zero-order chi connectivity index (χ0) is 12.4. The van der Waals surface area contributed by atoms with Crippen LogP contribution in [0.15, 0.2) is 18.2 Å². The van der Waals surface area contributed by atoms with Crippen molar-refractivity contribution in [3.05, 3.63) is 23.8 Å². The summed E-state index contributed by atoms with van der Waals surface area (Å²) in [7, 11) is 3.26. The maximum absolute atomic E-state index is 11.4. The molecule has 5 nitrogen and oxygen atoms in total. The number of ether oxygens (including phenoxy) is 1. The van der Waals surface area contributed by atoms with Crippen LogP contribution in [0.25, 0.3) is 0 Å². The Balaban J connectivity index is 2.18. The minimum absolute atomic E-state index is 0.407. The van der Waals surface area contributed by atoms with Gasteiger partial charge in [0.05, 0.1) is 0 Å². The topological polar surface area (TPSA) is 49.9 Å². The van der Waals surface area contributed by atoms with E-state index in [1.54, 1.807) is 37.2 Å². The number of nitrogens with zero attached hydrogens (tertiary/aromatic N) is 2. The molecule has 0 saturated heterocycles. The standard InChI is InChI=1S/C12H14N2O3/c1-13(2)12(16)17-10-3-4-11-9(7-10)5-6-14(11)8-15/h3-4,7-8H,5-6H2,1-2H3. The van der Waals surface area contributed by atoms with Crippen LogP contribution in [0.1, 0.15) is 5.56 Å². The molecule has 90 valence electrons. The molecule has 2 amide bonds. The smallest absolute Gasteiger partial charge is 0.410 e. The fraction of sp³-hybridized carbons (Fsp3) is 0.333. The number of hydrogen-bond acceptors (Lipinski definition) is 3. The Kier molecular flexibility index (Phi) is 2.99. The van der Waals surface area contributed by atoms with Crippen LogP contribution in [0, 0.1) is 0 Å². The van der Waals surface area contributed by atoms with Crippen LogP contribution in [-0.2, 0) is 11.2 Å². The molecule has 0 saturated carbocycles. The Morgan fingerprint density at radius 1 is 1.47 bits per heavy atom. The van der Waals surface area contributed by atoms with Gasteiger partial charge in [0.1, 0.15) is 5.75 Å². The first-order valence-corrected chi connectivity index (χ1v) is 5.36. The molecule has 0 bridgehead atoms. The summed E-state index contributed by atoms with van der Waals surface area (Å²) < 4.78 is 5.15. The van der Waals surface area contributed by atoms with E-state index in [0.29, 0.717) is 12.3 Å². The molecule has 0 N–H and O–H groups in total. The lowest BCUT2D eigenvalue weighted by atomic mass is 10.1. The third-order valence-electron chi connectivity index (χ3n) is 2.68. The molecule has 1 aliphatic rings. The molecule has 1 aromatic carbocycles. The Bertz CT molecular complexity index is 457. The molecule has 1 heterocycles. The fourth-order valence-electron chi connectivity index (χ4n) is 1.77. The normalized spacial score (nSPS) is 13.2. The lowest BCUT2D eigenvalue weighted by Gasteiger charge is -2.12. The van der Waals surface area contributed by atoms with Crippen molar-refractivity contribution in [3.63, 3.8) is 0 Å². The lowest BCUT2D eigenvalue weighted by Crippen LogP contribution is -2.25. The first-order chi connectivity index (χ1) is 8.11. The van der Waals surface area contributed by atoms with Crippen molar-refractivity contribution in [3.8, 4) is 5.75 Å². The first-order valence-electron chi connectivity index (χ1n) is 5.36. The Morgan fingerprint density at radius 3 is 2.88 bits per heavy atom. The van der Waals surface area contributed by atoms with Gasteiger partial charge in [-0.05, 0) is 30.2 Å². The average Bonchev–Trinajstić information content (AvgIpc) is 2.71. The van der Waals surface area contributed by atoms with Crippen molar-refractivity contribution in [2.24, 2.45) is 0 Å². The van der Waals surface area contributed by atoms with Gasteiger partial charge >= 0.3 is 6.09 Å². The van der Waals surface area contributed by atoms with E-state index in [4.69, 9.17) is 4.74 Å². The van der Waals surface area contributed by atoms with Crippen LogP contribution in [0.3, 0.4) is 0 Å². The zero-order valence-electron chi connectivity index (χ0n) is 9.84. The summed E-state index contributed by atoms with van der Waals surface area (Å²) in [5.74, 6) is 0.509. The van der Waals surface area contributed by atoms with Crippen molar-refractivity contribution in [2.45, 2.75) is 6.42 Å². The molecule has 17 heavy (non-hydrogen) atoms. The predicted octanol–water partition coefficient (Wildman–Crippen LogP) is 1.27. The van der Waals surface area contributed by atoms with Gasteiger partial charge in [0, 0.05) is 26.3 Å². The molecule has 0 aliphatic carbocycles. The van der Waals surface area contributed by atoms with Crippen LogP contribution in [-0.4, -0.2) is 38.0 Å². The second kappa shape index (κ2) is 4.45. The number of rotatable bonds is 2. The highest BCUT2D eigenvalue weighted by molar-refractivity contribution is 5.80. The monoisotopic (exact) mass is 234 g/mol. The number of benzene rings is 1. The van der Waals surface area contributed by atoms with E-state index in [0.717, 1.165) is 24.1 Å². The molecule has 2 rings (SSSR count). The SMILES string of the molecule is CN(C)C(=O)Oc1ccc2c(c1)CCN2C=O. The molecule has 0 aromatic heterocycles. The second-order valence-corrected chi connectivity index (χ2v) is 4.10. The van der Waals surface area contributed by atoms with Gasteiger partial charge in [-0.25, -0.2) is 4.79 Å². The summed E-state index contributed by atoms with van der Waals surface area (Å²) in [6.07, 6.45) is 1.20. The van der Waals surface area contributed by atoms with E-state index in [9.17, 15) is 9.59 Å². The van der Waals surface area contributed by atoms with E-state index in [1.807, 2.05) is 0 Å². The van der Waals surface area contributed by atoms with Gasteiger partial charge in [-0.15, -0.1) is 0 Å². The number of anilines is 1. The summed E-state index contributed by atoms with van der Waals surface area (Å²) in [4.78, 5) is 25.1. The van der Waals surface area contributed by atoms with Crippen molar-refractivity contribution >= 4 is 18.2 Å². The van der Waals surface area contributed by atoms with Crippen LogP contribution in [0.5, 0.6) is 5.75 Å². The molecule has 1 aliphatic heterocycles. The van der Waals surface area contributed by atoms with E-state index in [-0.39, 0.29) is 0 Å². The summed E-state index contributed by atoms with van der Waals surface area (Å²) in [6, 6.07) is 5.30. The van der Waals surface area contributed by atoms with Gasteiger partial charge in [-0.1, -0.05) is 0 Å². The predicted molar refractivity (Wildman–Crippen MR) is 63.3 cm³/mol. The van der Waals surface area contributed by atoms with E-state index >= 15 is 0 Å². The van der Waals surface area contributed by atoms with E-state index in [2.05, 4.69) is 0 Å². The van der Waals surface area contributed by atoms with E-state index < -0.39 is 6.09 Å². The molecular weight excluding hydrogens is 220 g/mol. The van der Waals surface area contributed by atoms with Gasteiger partial charge < -0.3 is 14.5 Å². The molecule has 0 atom stereocenters. The molecule has 0 radical (unpaired) electrons. The van der Waals surface area contributed by atoms with Crippen LogP contribution < -0.4 is 9.64 Å². The zero-order valence-corrected chi connectivity index (χ0v) is 9.84. The number of hydrogen-bond donors (Lipinski definition) is 0. The van der Waals surface area contributed by atoms with Gasteiger partial charge in [-0.2, -0.15) is 0 Å². The first kappa shape index (κ1) is 11.4. The summed E-state index contributed by atoms with van der Waals surface area (Å²) in [5.41, 5.74) is 1.92. The Morgan fingerprint density at radius 2 is 2.24 bits per heavy atom. The Hall–Kier alpha value is -2.04. The van der Waals surface area contributed by atoms with Crippen molar-refractivity contribution in [1.82, 2.24) is 4.90 Å². The largest absolute Gasteiger partial charge is 0.414 e. The summed E-state index contributed by atoms with van der Waals surface area (Å²) in [5, 5.41) is 0. The quantitative estimate of drug-likeness (QED) is 0.724.